The Balaban J connectivity index is 1.74. The van der Waals surface area contributed by atoms with Crippen molar-refractivity contribution in [2.24, 2.45) is 5.92 Å². The lowest BCUT2D eigenvalue weighted by atomic mass is 9.99. The SMILES string of the molecule is CC(=O)SCC(Cc1ccccc1)C(=O)N[C@@H](Cc1c[nH]c2ccccc12)C(=O)O. The minimum absolute atomic E-state index is 0.0746. The monoisotopic (exact) mass is 424 g/mol. The van der Waals surface area contributed by atoms with Gasteiger partial charge < -0.3 is 15.4 Å². The van der Waals surface area contributed by atoms with E-state index in [1.807, 2.05) is 54.6 Å². The van der Waals surface area contributed by atoms with Crippen LogP contribution in [-0.2, 0) is 27.2 Å². The maximum Gasteiger partial charge on any atom is 0.326 e. The summed E-state index contributed by atoms with van der Waals surface area (Å²) in [6.45, 7) is 1.46. The fourth-order valence-electron chi connectivity index (χ4n) is 3.35. The zero-order valence-electron chi connectivity index (χ0n) is 16.6. The van der Waals surface area contributed by atoms with Crippen molar-refractivity contribution in [3.63, 3.8) is 0 Å². The number of aromatic nitrogens is 1. The molecule has 0 aliphatic carbocycles. The molecule has 0 bridgehead atoms. The number of rotatable bonds is 9. The van der Waals surface area contributed by atoms with Crippen LogP contribution in [0.1, 0.15) is 18.1 Å². The van der Waals surface area contributed by atoms with Gasteiger partial charge in [-0.15, -0.1) is 0 Å². The summed E-state index contributed by atoms with van der Waals surface area (Å²) in [5.74, 6) is -1.66. The molecule has 2 aromatic carbocycles. The smallest absolute Gasteiger partial charge is 0.326 e. The van der Waals surface area contributed by atoms with Gasteiger partial charge in [0.05, 0.1) is 5.92 Å². The van der Waals surface area contributed by atoms with E-state index in [2.05, 4.69) is 10.3 Å². The van der Waals surface area contributed by atoms with Crippen molar-refractivity contribution in [3.05, 3.63) is 71.9 Å². The summed E-state index contributed by atoms with van der Waals surface area (Å²) in [7, 11) is 0. The van der Waals surface area contributed by atoms with Crippen LogP contribution in [0.25, 0.3) is 10.9 Å². The third-order valence-corrected chi connectivity index (χ3v) is 5.87. The Morgan fingerprint density at radius 1 is 1.03 bits per heavy atom. The fourth-order valence-corrected chi connectivity index (χ4v) is 4.06. The topological polar surface area (TPSA) is 99.3 Å². The Labute approximate surface area is 179 Å². The van der Waals surface area contributed by atoms with Crippen LogP contribution >= 0.6 is 11.8 Å². The number of carboxylic acid groups (broad SMARTS) is 1. The number of H-pyrrole nitrogens is 1. The molecule has 1 heterocycles. The molecule has 1 unspecified atom stereocenters. The van der Waals surface area contributed by atoms with Gasteiger partial charge in [0.1, 0.15) is 6.04 Å². The molecule has 3 N–H and O–H groups in total. The van der Waals surface area contributed by atoms with Crippen LogP contribution in [0.4, 0.5) is 0 Å². The third-order valence-electron chi connectivity index (χ3n) is 4.90. The average Bonchev–Trinajstić information content (AvgIpc) is 3.14. The second-order valence-corrected chi connectivity index (χ2v) is 8.35. The van der Waals surface area contributed by atoms with E-state index < -0.39 is 17.9 Å². The Morgan fingerprint density at radius 3 is 2.43 bits per heavy atom. The summed E-state index contributed by atoms with van der Waals surface area (Å²) < 4.78 is 0. The highest BCUT2D eigenvalue weighted by molar-refractivity contribution is 8.13. The number of hydrogen-bond acceptors (Lipinski definition) is 4. The van der Waals surface area contributed by atoms with Gasteiger partial charge in [-0.25, -0.2) is 4.79 Å². The van der Waals surface area contributed by atoms with Crippen LogP contribution in [0.2, 0.25) is 0 Å². The molecule has 0 spiro atoms. The minimum Gasteiger partial charge on any atom is -0.480 e. The van der Waals surface area contributed by atoms with E-state index in [0.29, 0.717) is 12.2 Å². The van der Waals surface area contributed by atoms with Crippen LogP contribution in [0.5, 0.6) is 0 Å². The Morgan fingerprint density at radius 2 is 1.73 bits per heavy atom. The van der Waals surface area contributed by atoms with Gasteiger partial charge in [0.25, 0.3) is 0 Å². The van der Waals surface area contributed by atoms with E-state index in [9.17, 15) is 19.5 Å². The molecule has 156 valence electrons. The van der Waals surface area contributed by atoms with Crippen LogP contribution in [0.3, 0.4) is 0 Å². The van der Waals surface area contributed by atoms with E-state index in [-0.39, 0.29) is 17.4 Å². The number of para-hydroxylation sites is 1. The first-order valence-corrected chi connectivity index (χ1v) is 10.7. The highest BCUT2D eigenvalue weighted by atomic mass is 32.2. The molecule has 2 atom stereocenters. The van der Waals surface area contributed by atoms with Gasteiger partial charge in [-0.1, -0.05) is 60.3 Å². The third kappa shape index (κ3) is 5.73. The van der Waals surface area contributed by atoms with Gasteiger partial charge in [-0.2, -0.15) is 0 Å². The van der Waals surface area contributed by atoms with Gasteiger partial charge in [-0.3, -0.25) is 9.59 Å². The molecule has 6 nitrogen and oxygen atoms in total. The summed E-state index contributed by atoms with van der Waals surface area (Å²) in [5.41, 5.74) is 2.71. The lowest BCUT2D eigenvalue weighted by Crippen LogP contribution is -2.46. The van der Waals surface area contributed by atoms with Crippen molar-refractivity contribution in [3.8, 4) is 0 Å². The molecule has 0 aliphatic rings. The predicted octanol–water partition coefficient (Wildman–Crippen LogP) is 3.42. The van der Waals surface area contributed by atoms with Crippen molar-refractivity contribution in [1.29, 1.82) is 0 Å². The number of fused-ring (bicyclic) bond motifs is 1. The average molecular weight is 425 g/mol. The van der Waals surface area contributed by atoms with Gasteiger partial charge in [0.15, 0.2) is 5.12 Å². The second-order valence-electron chi connectivity index (χ2n) is 7.15. The molecule has 0 aliphatic heterocycles. The molecule has 0 saturated heterocycles. The van der Waals surface area contributed by atoms with Gasteiger partial charge >= 0.3 is 5.97 Å². The molecule has 30 heavy (non-hydrogen) atoms. The molecule has 1 aromatic heterocycles. The lowest BCUT2D eigenvalue weighted by Gasteiger charge is -2.20. The first-order valence-electron chi connectivity index (χ1n) is 9.69. The highest BCUT2D eigenvalue weighted by Crippen LogP contribution is 2.20. The normalized spacial score (nSPS) is 13.0. The summed E-state index contributed by atoms with van der Waals surface area (Å²) in [4.78, 5) is 39.4. The second kappa shape index (κ2) is 10.1. The van der Waals surface area contributed by atoms with Gasteiger partial charge in [-0.05, 0) is 23.6 Å². The maximum atomic E-state index is 13.0. The first-order chi connectivity index (χ1) is 14.4. The predicted molar refractivity (Wildman–Crippen MR) is 118 cm³/mol. The fraction of sp³-hybridized carbons (Fsp3) is 0.261. The largest absolute Gasteiger partial charge is 0.480 e. The van der Waals surface area contributed by atoms with Gasteiger partial charge in [0.2, 0.25) is 5.91 Å². The van der Waals surface area contributed by atoms with Crippen LogP contribution < -0.4 is 5.32 Å². The van der Waals surface area contributed by atoms with Crippen molar-refractivity contribution in [1.82, 2.24) is 10.3 Å². The van der Waals surface area contributed by atoms with E-state index in [1.165, 1.54) is 6.92 Å². The number of carbonyl (C=O) groups excluding carboxylic acids is 2. The lowest BCUT2D eigenvalue weighted by molar-refractivity contribution is -0.142. The van der Waals surface area contributed by atoms with Crippen molar-refractivity contribution in [2.75, 3.05) is 5.75 Å². The number of carboxylic acids is 1. The van der Waals surface area contributed by atoms with E-state index in [1.54, 1.807) is 6.20 Å². The maximum absolute atomic E-state index is 13.0. The first kappa shape index (κ1) is 21.6. The zero-order chi connectivity index (χ0) is 21.5. The molecule has 0 fully saturated rings. The number of benzene rings is 2. The number of hydrogen-bond donors (Lipinski definition) is 3. The van der Waals surface area contributed by atoms with Crippen molar-refractivity contribution >= 4 is 39.7 Å². The van der Waals surface area contributed by atoms with Crippen molar-refractivity contribution < 1.29 is 19.5 Å². The zero-order valence-corrected chi connectivity index (χ0v) is 17.4. The standard InChI is InChI=1S/C23H24N2O4S/c1-15(26)30-14-18(11-16-7-3-2-4-8-16)22(27)25-21(23(28)29)12-17-13-24-20-10-6-5-9-19(17)20/h2-10,13,18,21,24H,11-12,14H2,1H3,(H,25,27)(H,28,29)/t18?,21-/m0/s1. The Hall–Kier alpha value is -3.06. The molecular weight excluding hydrogens is 400 g/mol. The molecule has 3 rings (SSSR count). The number of thioether (sulfide) groups is 1. The van der Waals surface area contributed by atoms with Gasteiger partial charge in [0, 0.05) is 36.2 Å². The highest BCUT2D eigenvalue weighted by Gasteiger charge is 2.27. The number of carbonyl (C=O) groups is 3. The molecule has 7 heteroatoms. The molecule has 0 saturated carbocycles. The van der Waals surface area contributed by atoms with Crippen LogP contribution in [0, 0.1) is 5.92 Å². The number of nitrogens with one attached hydrogen (secondary N) is 2. The molecule has 3 aromatic rings. The molecule has 0 radical (unpaired) electrons. The van der Waals surface area contributed by atoms with Crippen LogP contribution in [-0.4, -0.2) is 38.9 Å². The molecular formula is C23H24N2O4S. The van der Waals surface area contributed by atoms with E-state index in [4.69, 9.17) is 0 Å². The van der Waals surface area contributed by atoms with Crippen molar-refractivity contribution in [2.45, 2.75) is 25.8 Å². The summed E-state index contributed by atoms with van der Waals surface area (Å²) in [6.07, 6.45) is 2.38. The minimum atomic E-state index is -1.09. The van der Waals surface area contributed by atoms with E-state index >= 15 is 0 Å². The number of amides is 1. The molecule has 1 amide bonds. The van der Waals surface area contributed by atoms with Crippen LogP contribution in [0.15, 0.2) is 60.8 Å². The summed E-state index contributed by atoms with van der Waals surface area (Å²) >= 11 is 1.08. The quantitative estimate of drug-likeness (QED) is 0.489. The Bertz CT molecular complexity index is 1030. The van der Waals surface area contributed by atoms with E-state index in [0.717, 1.165) is 33.8 Å². The number of aromatic amines is 1. The summed E-state index contributed by atoms with van der Waals surface area (Å²) in [6, 6.07) is 16.1. The Kier molecular flexibility index (Phi) is 7.30. The summed E-state index contributed by atoms with van der Waals surface area (Å²) in [5, 5.41) is 13.2. The number of aliphatic carboxylic acids is 1.